The van der Waals surface area contributed by atoms with Gasteiger partial charge in [-0.2, -0.15) is 0 Å². The molecule has 0 amide bonds. The maximum atomic E-state index is 5.60. The molecule has 0 radical (unpaired) electrons. The van der Waals surface area contributed by atoms with Crippen LogP contribution in [0.4, 0.5) is 0 Å². The van der Waals surface area contributed by atoms with Crippen LogP contribution in [0.3, 0.4) is 0 Å². The molecule has 88 valence electrons. The van der Waals surface area contributed by atoms with E-state index in [1.54, 1.807) is 0 Å². The molecule has 1 rings (SSSR count). The molecule has 0 saturated heterocycles. The standard InChI is InChI=1S/C12H23NO2/c1-4-15-12(2,3)10-13-9-11-7-5-6-8-14-11/h6,8,11,13H,4-5,7,9-10H2,1-3H3. The van der Waals surface area contributed by atoms with Crippen LogP contribution >= 0.6 is 0 Å². The molecule has 0 saturated carbocycles. The lowest BCUT2D eigenvalue weighted by Gasteiger charge is -2.27. The van der Waals surface area contributed by atoms with E-state index in [1.165, 1.54) is 0 Å². The predicted molar refractivity (Wildman–Crippen MR) is 61.8 cm³/mol. The van der Waals surface area contributed by atoms with Gasteiger partial charge >= 0.3 is 0 Å². The second kappa shape index (κ2) is 6.13. The van der Waals surface area contributed by atoms with Crippen LogP contribution in [0.2, 0.25) is 0 Å². The topological polar surface area (TPSA) is 30.5 Å². The number of allylic oxidation sites excluding steroid dienone is 1. The van der Waals surface area contributed by atoms with E-state index in [0.29, 0.717) is 6.10 Å². The summed E-state index contributed by atoms with van der Waals surface area (Å²) < 4.78 is 11.1. The molecular formula is C12H23NO2. The predicted octanol–water partition coefficient (Wildman–Crippen LogP) is 2.08. The first-order valence-corrected chi connectivity index (χ1v) is 5.79. The van der Waals surface area contributed by atoms with Gasteiger partial charge in [0.05, 0.1) is 11.9 Å². The first kappa shape index (κ1) is 12.5. The van der Waals surface area contributed by atoms with Gasteiger partial charge in [-0.15, -0.1) is 0 Å². The second-order valence-corrected chi connectivity index (χ2v) is 4.53. The summed E-state index contributed by atoms with van der Waals surface area (Å²) in [4.78, 5) is 0. The first-order chi connectivity index (χ1) is 7.14. The smallest absolute Gasteiger partial charge is 0.110 e. The number of hydrogen-bond acceptors (Lipinski definition) is 3. The lowest BCUT2D eigenvalue weighted by molar-refractivity contribution is -0.0110. The molecule has 3 nitrogen and oxygen atoms in total. The van der Waals surface area contributed by atoms with Crippen LogP contribution in [0.5, 0.6) is 0 Å². The van der Waals surface area contributed by atoms with Gasteiger partial charge in [0, 0.05) is 19.7 Å². The van der Waals surface area contributed by atoms with Crippen LogP contribution in [0.25, 0.3) is 0 Å². The summed E-state index contributed by atoms with van der Waals surface area (Å²) in [5.41, 5.74) is -0.0841. The van der Waals surface area contributed by atoms with Crippen molar-refractivity contribution in [2.45, 2.75) is 45.3 Å². The Labute approximate surface area is 92.8 Å². The summed E-state index contributed by atoms with van der Waals surface area (Å²) in [5.74, 6) is 0. The Morgan fingerprint density at radius 3 is 2.93 bits per heavy atom. The molecule has 0 bridgehead atoms. The van der Waals surface area contributed by atoms with E-state index < -0.39 is 0 Å². The zero-order valence-electron chi connectivity index (χ0n) is 10.1. The second-order valence-electron chi connectivity index (χ2n) is 4.53. The molecule has 1 unspecified atom stereocenters. The highest BCUT2D eigenvalue weighted by Crippen LogP contribution is 2.10. The van der Waals surface area contributed by atoms with Crippen molar-refractivity contribution in [1.82, 2.24) is 5.32 Å². The Kier molecular flexibility index (Phi) is 5.12. The number of rotatable bonds is 6. The fourth-order valence-electron chi connectivity index (χ4n) is 1.71. The van der Waals surface area contributed by atoms with E-state index in [9.17, 15) is 0 Å². The van der Waals surface area contributed by atoms with Crippen molar-refractivity contribution in [3.05, 3.63) is 12.3 Å². The average molecular weight is 213 g/mol. The van der Waals surface area contributed by atoms with Gasteiger partial charge in [-0.05, 0) is 39.7 Å². The van der Waals surface area contributed by atoms with Crippen molar-refractivity contribution in [3.8, 4) is 0 Å². The van der Waals surface area contributed by atoms with Crippen molar-refractivity contribution in [2.75, 3.05) is 19.7 Å². The third-order valence-electron chi connectivity index (χ3n) is 2.48. The minimum atomic E-state index is -0.0841. The average Bonchev–Trinajstić information content (AvgIpc) is 2.19. The fourth-order valence-corrected chi connectivity index (χ4v) is 1.71. The molecule has 1 atom stereocenters. The zero-order valence-corrected chi connectivity index (χ0v) is 10.1. The quantitative estimate of drug-likeness (QED) is 0.733. The summed E-state index contributed by atoms with van der Waals surface area (Å²) in [5, 5.41) is 3.40. The normalized spacial score (nSPS) is 21.4. The maximum Gasteiger partial charge on any atom is 0.110 e. The maximum absolute atomic E-state index is 5.60. The highest BCUT2D eigenvalue weighted by molar-refractivity contribution is 4.83. The van der Waals surface area contributed by atoms with Gasteiger partial charge in [0.1, 0.15) is 6.10 Å². The van der Waals surface area contributed by atoms with Crippen LogP contribution in [0.15, 0.2) is 12.3 Å². The summed E-state index contributed by atoms with van der Waals surface area (Å²) in [7, 11) is 0. The van der Waals surface area contributed by atoms with E-state index >= 15 is 0 Å². The Bertz CT molecular complexity index is 202. The van der Waals surface area contributed by atoms with Crippen LogP contribution < -0.4 is 5.32 Å². The molecule has 1 aliphatic rings. The Morgan fingerprint density at radius 1 is 1.53 bits per heavy atom. The third-order valence-corrected chi connectivity index (χ3v) is 2.48. The van der Waals surface area contributed by atoms with Gasteiger partial charge < -0.3 is 14.8 Å². The molecule has 0 aromatic rings. The molecule has 3 heteroatoms. The molecule has 1 aliphatic heterocycles. The van der Waals surface area contributed by atoms with Gasteiger partial charge in [0.2, 0.25) is 0 Å². The molecule has 0 aliphatic carbocycles. The molecule has 0 aromatic carbocycles. The molecule has 0 fully saturated rings. The number of ether oxygens (including phenoxy) is 2. The van der Waals surface area contributed by atoms with Crippen molar-refractivity contribution in [1.29, 1.82) is 0 Å². The lowest BCUT2D eigenvalue weighted by Crippen LogP contribution is -2.41. The van der Waals surface area contributed by atoms with Crippen LogP contribution in [-0.4, -0.2) is 31.4 Å². The Morgan fingerprint density at radius 2 is 2.33 bits per heavy atom. The van der Waals surface area contributed by atoms with Crippen molar-refractivity contribution >= 4 is 0 Å². The van der Waals surface area contributed by atoms with Gasteiger partial charge in [-0.25, -0.2) is 0 Å². The summed E-state index contributed by atoms with van der Waals surface area (Å²) in [6.45, 7) is 8.76. The highest BCUT2D eigenvalue weighted by atomic mass is 16.5. The van der Waals surface area contributed by atoms with Crippen LogP contribution in [-0.2, 0) is 9.47 Å². The summed E-state index contributed by atoms with van der Waals surface area (Å²) in [6, 6.07) is 0. The van der Waals surface area contributed by atoms with Gasteiger partial charge in [0.25, 0.3) is 0 Å². The summed E-state index contributed by atoms with van der Waals surface area (Å²) >= 11 is 0. The molecule has 1 N–H and O–H groups in total. The fraction of sp³-hybridized carbons (Fsp3) is 0.833. The van der Waals surface area contributed by atoms with Crippen molar-refractivity contribution in [3.63, 3.8) is 0 Å². The number of hydrogen-bond donors (Lipinski definition) is 1. The minimum absolute atomic E-state index is 0.0841. The monoisotopic (exact) mass is 213 g/mol. The molecular weight excluding hydrogens is 190 g/mol. The SMILES string of the molecule is CCOC(C)(C)CNCC1CCC=CO1. The number of nitrogens with one attached hydrogen (secondary N) is 1. The first-order valence-electron chi connectivity index (χ1n) is 5.79. The summed E-state index contributed by atoms with van der Waals surface area (Å²) in [6.07, 6.45) is 6.44. The lowest BCUT2D eigenvalue weighted by atomic mass is 10.1. The van der Waals surface area contributed by atoms with E-state index in [0.717, 1.165) is 32.5 Å². The zero-order chi connectivity index (χ0) is 11.1. The molecule has 0 aromatic heterocycles. The molecule has 15 heavy (non-hydrogen) atoms. The molecule has 1 heterocycles. The largest absolute Gasteiger partial charge is 0.497 e. The van der Waals surface area contributed by atoms with Crippen LogP contribution in [0, 0.1) is 0 Å². The Hall–Kier alpha value is -0.540. The van der Waals surface area contributed by atoms with E-state index in [-0.39, 0.29) is 5.60 Å². The van der Waals surface area contributed by atoms with Crippen molar-refractivity contribution in [2.24, 2.45) is 0 Å². The van der Waals surface area contributed by atoms with Gasteiger partial charge in [-0.1, -0.05) is 0 Å². The molecule has 0 spiro atoms. The third kappa shape index (κ3) is 5.19. The van der Waals surface area contributed by atoms with Gasteiger partial charge in [-0.3, -0.25) is 0 Å². The van der Waals surface area contributed by atoms with Crippen molar-refractivity contribution < 1.29 is 9.47 Å². The Balaban J connectivity index is 2.12. The van der Waals surface area contributed by atoms with Crippen LogP contribution in [0.1, 0.15) is 33.6 Å². The van der Waals surface area contributed by atoms with E-state index in [1.807, 2.05) is 13.2 Å². The van der Waals surface area contributed by atoms with E-state index in [4.69, 9.17) is 9.47 Å². The minimum Gasteiger partial charge on any atom is -0.497 e. The van der Waals surface area contributed by atoms with E-state index in [2.05, 4.69) is 25.2 Å². The van der Waals surface area contributed by atoms with Gasteiger partial charge in [0.15, 0.2) is 0 Å². The highest BCUT2D eigenvalue weighted by Gasteiger charge is 2.18.